The van der Waals surface area contributed by atoms with Crippen molar-refractivity contribution in [2.75, 3.05) is 6.54 Å². The van der Waals surface area contributed by atoms with Crippen LogP contribution in [0.1, 0.15) is 19.5 Å². The molecule has 0 aromatic carbocycles. The van der Waals surface area contributed by atoms with Crippen molar-refractivity contribution in [3.8, 4) is 0 Å². The Bertz CT molecular complexity index is 211. The van der Waals surface area contributed by atoms with Crippen molar-refractivity contribution in [3.63, 3.8) is 0 Å². The Morgan fingerprint density at radius 1 is 1.38 bits per heavy atom. The lowest BCUT2D eigenvalue weighted by Gasteiger charge is -2.05. The van der Waals surface area contributed by atoms with Crippen molar-refractivity contribution in [3.05, 3.63) is 30.1 Å². The molecule has 0 amide bonds. The average Bonchev–Trinajstić information content (AvgIpc) is 2.05. The van der Waals surface area contributed by atoms with E-state index in [-0.39, 0.29) is 12.4 Å². The first kappa shape index (κ1) is 12.4. The molecule has 1 aromatic rings. The molecule has 1 heterocycles. The van der Waals surface area contributed by atoms with Crippen LogP contribution in [0.15, 0.2) is 24.4 Å². The van der Waals surface area contributed by atoms with Gasteiger partial charge in [-0.1, -0.05) is 19.9 Å². The van der Waals surface area contributed by atoms with E-state index in [1.165, 1.54) is 0 Å². The molecule has 3 heteroatoms. The molecule has 74 valence electrons. The number of nitrogens with one attached hydrogen (secondary N) is 1. The van der Waals surface area contributed by atoms with Crippen LogP contribution in [0.3, 0.4) is 0 Å². The number of aromatic nitrogens is 1. The molecule has 1 rings (SSSR count). The van der Waals surface area contributed by atoms with Crippen LogP contribution < -0.4 is 17.7 Å². The van der Waals surface area contributed by atoms with E-state index in [4.69, 9.17) is 0 Å². The second-order valence-electron chi connectivity index (χ2n) is 3.35. The lowest BCUT2D eigenvalue weighted by molar-refractivity contribution is -0.00000281. The van der Waals surface area contributed by atoms with Gasteiger partial charge in [-0.05, 0) is 24.6 Å². The van der Waals surface area contributed by atoms with Crippen LogP contribution in [-0.4, -0.2) is 11.5 Å². The van der Waals surface area contributed by atoms with Crippen LogP contribution in [0.25, 0.3) is 0 Å². The monoisotopic (exact) mass is 199 g/mol. The number of halogens is 1. The number of hydrogen-bond acceptors (Lipinski definition) is 2. The maximum Gasteiger partial charge on any atom is 0.0541 e. The molecule has 0 saturated heterocycles. The van der Waals surface area contributed by atoms with Gasteiger partial charge < -0.3 is 17.7 Å². The minimum absolute atomic E-state index is 0. The fraction of sp³-hybridized carbons (Fsp3) is 0.500. The molecule has 1 N–H and O–H groups in total. The Hall–Kier alpha value is -0.600. The molecule has 0 saturated carbocycles. The zero-order valence-corrected chi connectivity index (χ0v) is 8.88. The van der Waals surface area contributed by atoms with Gasteiger partial charge in [0.15, 0.2) is 0 Å². The fourth-order valence-corrected chi connectivity index (χ4v) is 0.992. The zero-order valence-electron chi connectivity index (χ0n) is 8.13. The van der Waals surface area contributed by atoms with Gasteiger partial charge in [0.25, 0.3) is 0 Å². The third-order valence-corrected chi connectivity index (χ3v) is 1.58. The summed E-state index contributed by atoms with van der Waals surface area (Å²) in [7, 11) is 0. The summed E-state index contributed by atoms with van der Waals surface area (Å²) in [5.74, 6) is 0.703. The number of hydrogen-bond donors (Lipinski definition) is 1. The van der Waals surface area contributed by atoms with Gasteiger partial charge >= 0.3 is 0 Å². The smallest absolute Gasteiger partial charge is 0.0541 e. The van der Waals surface area contributed by atoms with Crippen LogP contribution in [-0.2, 0) is 6.54 Å². The summed E-state index contributed by atoms with van der Waals surface area (Å²) in [6.45, 7) is 6.33. The van der Waals surface area contributed by atoms with Gasteiger partial charge in [-0.3, -0.25) is 4.98 Å². The molecule has 1 aromatic heterocycles. The molecular formula is C10H16ClN2-. The van der Waals surface area contributed by atoms with Gasteiger partial charge in [0, 0.05) is 12.7 Å². The second kappa shape index (κ2) is 6.87. The molecular weight excluding hydrogens is 184 g/mol. The van der Waals surface area contributed by atoms with Gasteiger partial charge in [0.05, 0.1) is 5.69 Å². The molecule has 0 spiro atoms. The highest BCUT2D eigenvalue weighted by Gasteiger charge is 1.94. The third-order valence-electron chi connectivity index (χ3n) is 1.58. The first-order valence-corrected chi connectivity index (χ1v) is 4.39. The van der Waals surface area contributed by atoms with Crippen molar-refractivity contribution in [2.24, 2.45) is 5.92 Å². The molecule has 13 heavy (non-hydrogen) atoms. The molecule has 0 radical (unpaired) electrons. The first-order chi connectivity index (χ1) is 5.79. The minimum atomic E-state index is 0. The van der Waals surface area contributed by atoms with Crippen LogP contribution in [0, 0.1) is 5.92 Å². The van der Waals surface area contributed by atoms with E-state index in [0.717, 1.165) is 18.8 Å². The average molecular weight is 200 g/mol. The van der Waals surface area contributed by atoms with E-state index in [2.05, 4.69) is 24.1 Å². The van der Waals surface area contributed by atoms with Crippen molar-refractivity contribution in [1.82, 2.24) is 10.3 Å². The summed E-state index contributed by atoms with van der Waals surface area (Å²) < 4.78 is 0. The zero-order chi connectivity index (χ0) is 8.81. The standard InChI is InChI=1S/C10H16N2.ClH/c1-9(2)7-11-8-10-5-3-4-6-12-10;/h3-6,9,11H,7-8H2,1-2H3;1H/p-1. The molecule has 0 unspecified atom stereocenters. The predicted molar refractivity (Wildman–Crippen MR) is 50.8 cm³/mol. The quantitative estimate of drug-likeness (QED) is 0.662. The van der Waals surface area contributed by atoms with Crippen molar-refractivity contribution in [2.45, 2.75) is 20.4 Å². The number of pyridine rings is 1. The number of nitrogens with zero attached hydrogens (tertiary/aromatic N) is 1. The van der Waals surface area contributed by atoms with Gasteiger partial charge in [-0.2, -0.15) is 0 Å². The number of rotatable bonds is 4. The maximum atomic E-state index is 4.21. The highest BCUT2D eigenvalue weighted by molar-refractivity contribution is 5.02. The largest absolute Gasteiger partial charge is 1.00 e. The SMILES string of the molecule is CC(C)CNCc1ccccn1.[Cl-]. The van der Waals surface area contributed by atoms with Gasteiger partial charge in [0.1, 0.15) is 0 Å². The topological polar surface area (TPSA) is 24.9 Å². The first-order valence-electron chi connectivity index (χ1n) is 4.39. The Morgan fingerprint density at radius 3 is 2.69 bits per heavy atom. The molecule has 0 aliphatic heterocycles. The van der Waals surface area contributed by atoms with E-state index < -0.39 is 0 Å². The Labute approximate surface area is 86.2 Å². The Balaban J connectivity index is 0.00000144. The summed E-state index contributed by atoms with van der Waals surface area (Å²) in [5.41, 5.74) is 1.11. The van der Waals surface area contributed by atoms with E-state index in [0.29, 0.717) is 5.92 Å². The lowest BCUT2D eigenvalue weighted by Crippen LogP contribution is -3.00. The summed E-state index contributed by atoms with van der Waals surface area (Å²) >= 11 is 0. The molecule has 0 fully saturated rings. The molecule has 0 aliphatic rings. The van der Waals surface area contributed by atoms with Crippen molar-refractivity contribution < 1.29 is 12.4 Å². The van der Waals surface area contributed by atoms with E-state index in [9.17, 15) is 0 Å². The van der Waals surface area contributed by atoms with Crippen molar-refractivity contribution in [1.29, 1.82) is 0 Å². The second-order valence-corrected chi connectivity index (χ2v) is 3.35. The van der Waals surface area contributed by atoms with Gasteiger partial charge in [0.2, 0.25) is 0 Å². The van der Waals surface area contributed by atoms with Crippen LogP contribution in [0.2, 0.25) is 0 Å². The van der Waals surface area contributed by atoms with E-state index >= 15 is 0 Å². The van der Waals surface area contributed by atoms with Crippen LogP contribution >= 0.6 is 0 Å². The highest BCUT2D eigenvalue weighted by atomic mass is 35.5. The third kappa shape index (κ3) is 5.61. The lowest BCUT2D eigenvalue weighted by atomic mass is 10.2. The summed E-state index contributed by atoms with van der Waals surface area (Å²) in [4.78, 5) is 4.21. The van der Waals surface area contributed by atoms with Crippen LogP contribution in [0.4, 0.5) is 0 Å². The Morgan fingerprint density at radius 2 is 2.15 bits per heavy atom. The van der Waals surface area contributed by atoms with E-state index in [1.807, 2.05) is 24.4 Å². The van der Waals surface area contributed by atoms with Crippen molar-refractivity contribution >= 4 is 0 Å². The summed E-state index contributed by atoms with van der Waals surface area (Å²) in [5, 5.41) is 3.34. The van der Waals surface area contributed by atoms with E-state index in [1.54, 1.807) is 0 Å². The summed E-state index contributed by atoms with van der Waals surface area (Å²) in [6, 6.07) is 5.98. The fourth-order valence-electron chi connectivity index (χ4n) is 0.992. The minimum Gasteiger partial charge on any atom is -1.00 e. The van der Waals surface area contributed by atoms with Gasteiger partial charge in [-0.15, -0.1) is 0 Å². The molecule has 0 atom stereocenters. The maximum absolute atomic E-state index is 4.21. The van der Waals surface area contributed by atoms with Gasteiger partial charge in [-0.25, -0.2) is 0 Å². The normalized spacial score (nSPS) is 9.77. The molecule has 2 nitrogen and oxygen atoms in total. The van der Waals surface area contributed by atoms with Crippen LogP contribution in [0.5, 0.6) is 0 Å². The molecule has 0 aliphatic carbocycles. The highest BCUT2D eigenvalue weighted by Crippen LogP contribution is 1.93. The predicted octanol–water partition coefficient (Wildman–Crippen LogP) is -1.17. The summed E-state index contributed by atoms with van der Waals surface area (Å²) in [6.07, 6.45) is 1.83. The Kier molecular flexibility index (Phi) is 6.55. The molecule has 0 bridgehead atoms.